The monoisotopic (exact) mass is 390 g/mol. The van der Waals surface area contributed by atoms with Crippen LogP contribution in [0.15, 0.2) is 12.1 Å². The second kappa shape index (κ2) is 6.71. The third-order valence-corrected chi connectivity index (χ3v) is 5.99. The summed E-state index contributed by atoms with van der Waals surface area (Å²) >= 11 is 5.97. The lowest BCUT2D eigenvalue weighted by Crippen LogP contribution is -2.49. The molecule has 1 saturated heterocycles. The maximum Gasteiger partial charge on any atom is 0.268 e. The standard InChI is InChI=1S/C19H23ClN4O3/c1-11(18(26)24-7-5-19(3-4-19)6-8-24)21-16(25)13-9-12-10-14(20)23-17(27-2)15(12)22-13/h9-11,22H,3-8H2,1-2H3,(H,21,25)/t11-/m0/s1. The number of piperidine rings is 1. The number of aromatic amines is 1. The van der Waals surface area contributed by atoms with Gasteiger partial charge in [-0.25, -0.2) is 0 Å². The van der Waals surface area contributed by atoms with Crippen molar-refractivity contribution in [3.8, 4) is 5.88 Å². The molecule has 0 bridgehead atoms. The molecular weight excluding hydrogens is 368 g/mol. The average Bonchev–Trinajstić information content (AvgIpc) is 3.26. The van der Waals surface area contributed by atoms with Gasteiger partial charge in [-0.3, -0.25) is 9.59 Å². The largest absolute Gasteiger partial charge is 0.479 e. The Labute approximate surface area is 162 Å². The zero-order valence-corrected chi connectivity index (χ0v) is 16.2. The van der Waals surface area contributed by atoms with E-state index < -0.39 is 6.04 Å². The van der Waals surface area contributed by atoms with Crippen LogP contribution in [0.4, 0.5) is 0 Å². The van der Waals surface area contributed by atoms with Crippen molar-refractivity contribution in [2.45, 2.75) is 38.6 Å². The van der Waals surface area contributed by atoms with E-state index in [4.69, 9.17) is 16.3 Å². The van der Waals surface area contributed by atoms with Gasteiger partial charge in [0.25, 0.3) is 5.91 Å². The third kappa shape index (κ3) is 3.48. The first kappa shape index (κ1) is 18.1. The summed E-state index contributed by atoms with van der Waals surface area (Å²) in [7, 11) is 1.49. The number of methoxy groups -OCH3 is 1. The molecule has 3 heterocycles. The van der Waals surface area contributed by atoms with Crippen molar-refractivity contribution >= 4 is 34.3 Å². The molecule has 0 aromatic carbocycles. The highest BCUT2D eigenvalue weighted by atomic mass is 35.5. The molecule has 2 aromatic rings. The number of rotatable bonds is 4. The van der Waals surface area contributed by atoms with Crippen molar-refractivity contribution in [2.75, 3.05) is 20.2 Å². The fourth-order valence-electron chi connectivity index (χ4n) is 3.83. The highest BCUT2D eigenvalue weighted by Crippen LogP contribution is 2.53. The minimum atomic E-state index is -0.583. The Hall–Kier alpha value is -2.28. The summed E-state index contributed by atoms with van der Waals surface area (Å²) in [4.78, 5) is 34.2. The summed E-state index contributed by atoms with van der Waals surface area (Å²) < 4.78 is 5.20. The molecule has 1 aliphatic heterocycles. The van der Waals surface area contributed by atoms with Crippen molar-refractivity contribution in [3.05, 3.63) is 23.0 Å². The van der Waals surface area contributed by atoms with Crippen LogP contribution in [0.1, 0.15) is 43.1 Å². The van der Waals surface area contributed by atoms with Gasteiger partial charge in [-0.1, -0.05) is 11.6 Å². The number of nitrogens with zero attached hydrogens (tertiary/aromatic N) is 2. The van der Waals surface area contributed by atoms with Gasteiger partial charge in [0, 0.05) is 18.5 Å². The van der Waals surface area contributed by atoms with Gasteiger partial charge in [-0.15, -0.1) is 0 Å². The number of likely N-dealkylation sites (tertiary alicyclic amines) is 1. The van der Waals surface area contributed by atoms with Gasteiger partial charge in [-0.2, -0.15) is 4.98 Å². The zero-order chi connectivity index (χ0) is 19.2. The molecule has 1 aliphatic carbocycles. The predicted molar refractivity (Wildman–Crippen MR) is 102 cm³/mol. The second-order valence-electron chi connectivity index (χ2n) is 7.62. The van der Waals surface area contributed by atoms with Crippen LogP contribution in [0.25, 0.3) is 10.9 Å². The molecule has 27 heavy (non-hydrogen) atoms. The van der Waals surface area contributed by atoms with Gasteiger partial charge in [0.05, 0.1) is 7.11 Å². The quantitative estimate of drug-likeness (QED) is 0.786. The molecule has 7 nitrogen and oxygen atoms in total. The van der Waals surface area contributed by atoms with Gasteiger partial charge in [0.15, 0.2) is 0 Å². The fraction of sp³-hybridized carbons (Fsp3) is 0.526. The first-order valence-corrected chi connectivity index (χ1v) is 9.61. The molecule has 1 saturated carbocycles. The molecule has 2 N–H and O–H groups in total. The number of carbonyl (C=O) groups is 2. The summed E-state index contributed by atoms with van der Waals surface area (Å²) in [5.41, 5.74) is 1.45. The number of nitrogens with one attached hydrogen (secondary N) is 2. The lowest BCUT2D eigenvalue weighted by molar-refractivity contribution is -0.134. The number of pyridine rings is 1. The number of carbonyl (C=O) groups excluding carboxylic acids is 2. The maximum absolute atomic E-state index is 12.7. The minimum Gasteiger partial charge on any atom is -0.479 e. The van der Waals surface area contributed by atoms with E-state index in [1.807, 2.05) is 4.90 Å². The first-order valence-electron chi connectivity index (χ1n) is 9.24. The molecule has 1 atom stereocenters. The molecular formula is C19H23ClN4O3. The molecule has 4 rings (SSSR count). The Morgan fingerprint density at radius 1 is 1.30 bits per heavy atom. The number of amides is 2. The molecule has 0 radical (unpaired) electrons. The number of fused-ring (bicyclic) bond motifs is 1. The Balaban J connectivity index is 1.43. The van der Waals surface area contributed by atoms with Crippen molar-refractivity contribution in [1.29, 1.82) is 0 Å². The predicted octanol–water partition coefficient (Wildman–Crippen LogP) is 2.75. The average molecular weight is 391 g/mol. The van der Waals surface area contributed by atoms with Crippen LogP contribution in [0, 0.1) is 5.41 Å². The first-order chi connectivity index (χ1) is 12.9. The highest BCUT2D eigenvalue weighted by molar-refractivity contribution is 6.30. The molecule has 2 fully saturated rings. The Morgan fingerprint density at radius 3 is 2.63 bits per heavy atom. The second-order valence-corrected chi connectivity index (χ2v) is 8.01. The molecule has 2 amide bonds. The molecule has 2 aromatic heterocycles. The van der Waals surface area contributed by atoms with E-state index in [2.05, 4.69) is 15.3 Å². The van der Waals surface area contributed by atoms with E-state index in [-0.39, 0.29) is 17.0 Å². The van der Waals surface area contributed by atoms with E-state index in [1.54, 1.807) is 19.1 Å². The van der Waals surface area contributed by atoms with Crippen LogP contribution in [-0.2, 0) is 4.79 Å². The van der Waals surface area contributed by atoms with Gasteiger partial charge in [0.1, 0.15) is 22.4 Å². The van der Waals surface area contributed by atoms with E-state index >= 15 is 0 Å². The summed E-state index contributed by atoms with van der Waals surface area (Å²) in [5, 5.41) is 3.80. The Morgan fingerprint density at radius 2 is 2.00 bits per heavy atom. The number of hydrogen-bond acceptors (Lipinski definition) is 4. The van der Waals surface area contributed by atoms with Crippen molar-refractivity contribution in [1.82, 2.24) is 20.2 Å². The van der Waals surface area contributed by atoms with Crippen LogP contribution in [-0.4, -0.2) is 52.9 Å². The Bertz CT molecular complexity index is 896. The summed E-state index contributed by atoms with van der Waals surface area (Å²) in [5.74, 6) is -0.0545. The van der Waals surface area contributed by atoms with Gasteiger partial charge in [0.2, 0.25) is 11.8 Å². The topological polar surface area (TPSA) is 87.3 Å². The van der Waals surface area contributed by atoms with Crippen LogP contribution in [0.5, 0.6) is 5.88 Å². The van der Waals surface area contributed by atoms with Crippen LogP contribution >= 0.6 is 11.6 Å². The molecule has 144 valence electrons. The van der Waals surface area contributed by atoms with Crippen LogP contribution < -0.4 is 10.1 Å². The smallest absolute Gasteiger partial charge is 0.268 e. The number of hydrogen-bond donors (Lipinski definition) is 2. The van der Waals surface area contributed by atoms with Crippen molar-refractivity contribution < 1.29 is 14.3 Å². The van der Waals surface area contributed by atoms with E-state index in [1.165, 1.54) is 20.0 Å². The third-order valence-electron chi connectivity index (χ3n) is 5.79. The maximum atomic E-state index is 12.7. The van der Waals surface area contributed by atoms with E-state index in [0.29, 0.717) is 22.5 Å². The normalized spacial score (nSPS) is 19.1. The van der Waals surface area contributed by atoms with Gasteiger partial charge >= 0.3 is 0 Å². The lowest BCUT2D eigenvalue weighted by Gasteiger charge is -2.33. The molecule has 2 aliphatic rings. The number of aromatic nitrogens is 2. The minimum absolute atomic E-state index is 0.0303. The van der Waals surface area contributed by atoms with Crippen LogP contribution in [0.3, 0.4) is 0 Å². The number of ether oxygens (including phenoxy) is 1. The molecule has 1 spiro atoms. The van der Waals surface area contributed by atoms with Crippen molar-refractivity contribution in [3.63, 3.8) is 0 Å². The number of halogens is 1. The summed E-state index contributed by atoms with van der Waals surface area (Å²) in [6.45, 7) is 3.29. The highest BCUT2D eigenvalue weighted by Gasteiger charge is 2.45. The molecule has 8 heteroatoms. The van der Waals surface area contributed by atoms with E-state index in [9.17, 15) is 9.59 Å². The molecule has 0 unspecified atom stereocenters. The van der Waals surface area contributed by atoms with Crippen molar-refractivity contribution in [2.24, 2.45) is 5.41 Å². The summed E-state index contributed by atoms with van der Waals surface area (Å²) in [6.07, 6.45) is 4.75. The number of H-pyrrole nitrogens is 1. The SMILES string of the molecule is COc1nc(Cl)cc2cc(C(=O)N[C@@H](C)C(=O)N3CCC4(CC3)CC4)[nH]c12. The van der Waals surface area contributed by atoms with Gasteiger partial charge < -0.3 is 19.9 Å². The van der Waals surface area contributed by atoms with Gasteiger partial charge in [-0.05, 0) is 50.2 Å². The Kier molecular flexibility index (Phi) is 4.50. The summed E-state index contributed by atoms with van der Waals surface area (Å²) in [6, 6.07) is 2.75. The fourth-order valence-corrected chi connectivity index (χ4v) is 4.03. The zero-order valence-electron chi connectivity index (χ0n) is 15.5. The van der Waals surface area contributed by atoms with Crippen LogP contribution in [0.2, 0.25) is 5.15 Å². The van der Waals surface area contributed by atoms with E-state index in [0.717, 1.165) is 31.3 Å². The lowest BCUT2D eigenvalue weighted by atomic mass is 9.93.